The number of aromatic hydroxyl groups is 1. The summed E-state index contributed by atoms with van der Waals surface area (Å²) in [7, 11) is 0. The van der Waals surface area contributed by atoms with E-state index in [2.05, 4.69) is 48.4 Å². The normalized spacial score (nSPS) is 22.1. The summed E-state index contributed by atoms with van der Waals surface area (Å²) in [5.74, 6) is 0.264. The van der Waals surface area contributed by atoms with Crippen LogP contribution in [0.4, 0.5) is 0 Å². The maximum atomic E-state index is 10.0. The second kappa shape index (κ2) is 8.39. The van der Waals surface area contributed by atoms with Crippen LogP contribution >= 0.6 is 0 Å². The van der Waals surface area contributed by atoms with Crippen molar-refractivity contribution in [2.75, 3.05) is 19.6 Å². The van der Waals surface area contributed by atoms with Gasteiger partial charge in [-0.1, -0.05) is 30.3 Å². The van der Waals surface area contributed by atoms with Crippen LogP contribution in [-0.4, -0.2) is 46.6 Å². The zero-order chi connectivity index (χ0) is 19.4. The number of nitriles is 1. The van der Waals surface area contributed by atoms with Crippen LogP contribution in [0.2, 0.25) is 0 Å². The molecule has 2 aromatic carbocycles. The summed E-state index contributed by atoms with van der Waals surface area (Å²) in [5.41, 5.74) is 2.78. The highest BCUT2D eigenvalue weighted by Crippen LogP contribution is 2.34. The molecule has 0 bridgehead atoms. The number of phenolic OH excluding ortho intramolecular Hbond substituents is 1. The number of nitrogens with zero attached hydrogens (tertiary/aromatic N) is 3. The van der Waals surface area contributed by atoms with Crippen LogP contribution < -0.4 is 0 Å². The number of phenols is 1. The quantitative estimate of drug-likeness (QED) is 0.820. The van der Waals surface area contributed by atoms with Crippen LogP contribution in [-0.2, 0) is 0 Å². The fourth-order valence-corrected chi connectivity index (χ4v) is 4.05. The number of piperazine rings is 1. The van der Waals surface area contributed by atoms with Gasteiger partial charge in [-0.15, -0.1) is 6.58 Å². The van der Waals surface area contributed by atoms with Gasteiger partial charge in [-0.05, 0) is 49.2 Å². The molecule has 3 atom stereocenters. The Morgan fingerprint density at radius 2 is 1.85 bits per heavy atom. The van der Waals surface area contributed by atoms with Crippen LogP contribution in [0, 0.1) is 11.3 Å². The Kier molecular flexibility index (Phi) is 5.95. The highest BCUT2D eigenvalue weighted by atomic mass is 16.3. The van der Waals surface area contributed by atoms with E-state index in [1.807, 2.05) is 36.4 Å². The molecule has 0 unspecified atom stereocenters. The average Bonchev–Trinajstić information content (AvgIpc) is 2.66. The Morgan fingerprint density at radius 1 is 1.15 bits per heavy atom. The molecule has 140 valence electrons. The predicted molar refractivity (Wildman–Crippen MR) is 109 cm³/mol. The number of benzene rings is 2. The zero-order valence-electron chi connectivity index (χ0n) is 16.0. The predicted octanol–water partition coefficient (Wildman–Crippen LogP) is 3.93. The second-order valence-electron chi connectivity index (χ2n) is 7.37. The molecule has 0 aliphatic carbocycles. The van der Waals surface area contributed by atoms with Crippen LogP contribution in [0.15, 0.2) is 61.2 Å². The fourth-order valence-electron chi connectivity index (χ4n) is 4.05. The minimum Gasteiger partial charge on any atom is -0.508 e. The molecule has 0 amide bonds. The first-order valence-electron chi connectivity index (χ1n) is 9.43. The molecule has 4 nitrogen and oxygen atoms in total. The van der Waals surface area contributed by atoms with Crippen molar-refractivity contribution in [1.29, 1.82) is 5.26 Å². The van der Waals surface area contributed by atoms with E-state index in [0.29, 0.717) is 17.6 Å². The van der Waals surface area contributed by atoms with Gasteiger partial charge < -0.3 is 5.11 Å². The van der Waals surface area contributed by atoms with E-state index in [1.54, 1.807) is 6.07 Å². The molecule has 4 heteroatoms. The monoisotopic (exact) mass is 361 g/mol. The first-order valence-corrected chi connectivity index (χ1v) is 9.43. The van der Waals surface area contributed by atoms with Crippen LogP contribution in [0.1, 0.15) is 36.6 Å². The molecule has 0 spiro atoms. The van der Waals surface area contributed by atoms with Gasteiger partial charge in [-0.3, -0.25) is 9.80 Å². The Bertz CT molecular complexity index is 842. The van der Waals surface area contributed by atoms with Crippen molar-refractivity contribution in [3.63, 3.8) is 0 Å². The van der Waals surface area contributed by atoms with Crippen molar-refractivity contribution < 1.29 is 5.11 Å². The molecule has 1 heterocycles. The molecular weight excluding hydrogens is 334 g/mol. The summed E-state index contributed by atoms with van der Waals surface area (Å²) < 4.78 is 0. The molecule has 0 radical (unpaired) electrons. The van der Waals surface area contributed by atoms with Gasteiger partial charge in [0, 0.05) is 31.7 Å². The lowest BCUT2D eigenvalue weighted by atomic mass is 9.92. The van der Waals surface area contributed by atoms with Crippen LogP contribution in [0.3, 0.4) is 0 Å². The van der Waals surface area contributed by atoms with Crippen molar-refractivity contribution in [1.82, 2.24) is 9.80 Å². The molecule has 1 saturated heterocycles. The van der Waals surface area contributed by atoms with Gasteiger partial charge in [0.1, 0.15) is 5.75 Å². The molecule has 3 rings (SSSR count). The summed E-state index contributed by atoms with van der Waals surface area (Å²) in [6.07, 6.45) is 1.96. The molecule has 0 saturated carbocycles. The summed E-state index contributed by atoms with van der Waals surface area (Å²) in [5, 5.41) is 19.4. The number of rotatable bonds is 5. The average molecular weight is 361 g/mol. The van der Waals surface area contributed by atoms with E-state index in [1.165, 1.54) is 0 Å². The second-order valence-corrected chi connectivity index (χ2v) is 7.37. The maximum Gasteiger partial charge on any atom is 0.115 e. The first-order chi connectivity index (χ1) is 13.0. The van der Waals surface area contributed by atoms with E-state index in [-0.39, 0.29) is 11.8 Å². The Hall–Kier alpha value is -2.61. The third-order valence-corrected chi connectivity index (χ3v) is 5.38. The van der Waals surface area contributed by atoms with E-state index in [4.69, 9.17) is 0 Å². The van der Waals surface area contributed by atoms with Gasteiger partial charge in [0.25, 0.3) is 0 Å². The van der Waals surface area contributed by atoms with Gasteiger partial charge >= 0.3 is 0 Å². The van der Waals surface area contributed by atoms with Gasteiger partial charge in [0.2, 0.25) is 0 Å². The van der Waals surface area contributed by atoms with Gasteiger partial charge in [0.15, 0.2) is 0 Å². The third kappa shape index (κ3) is 4.21. The smallest absolute Gasteiger partial charge is 0.115 e. The standard InChI is InChI=1S/C23H27N3O/c1-4-11-25-15-18(3)26(16-17(25)2)23(21-9-6-10-22(27)13-21)20-8-5-7-19(12-20)14-24/h4-10,12-13,17-18,23,27H,1,11,15-16H2,2-3H3/t17-,18-,23-/m1/s1. The van der Waals surface area contributed by atoms with Gasteiger partial charge in [0.05, 0.1) is 17.7 Å². The molecule has 1 aliphatic heterocycles. The molecule has 2 aromatic rings. The van der Waals surface area contributed by atoms with Crippen molar-refractivity contribution >= 4 is 0 Å². The summed E-state index contributed by atoms with van der Waals surface area (Å²) in [6, 6.07) is 18.2. The number of hydrogen-bond acceptors (Lipinski definition) is 4. The topological polar surface area (TPSA) is 50.5 Å². The summed E-state index contributed by atoms with van der Waals surface area (Å²) in [4.78, 5) is 4.93. The van der Waals surface area contributed by atoms with E-state index in [9.17, 15) is 10.4 Å². The van der Waals surface area contributed by atoms with E-state index < -0.39 is 0 Å². The Morgan fingerprint density at radius 3 is 2.52 bits per heavy atom. The maximum absolute atomic E-state index is 10.0. The molecular formula is C23H27N3O. The molecule has 1 N–H and O–H groups in total. The highest BCUT2D eigenvalue weighted by Gasteiger charge is 2.34. The molecule has 0 aromatic heterocycles. The lowest BCUT2D eigenvalue weighted by molar-refractivity contribution is 0.0306. The van der Waals surface area contributed by atoms with E-state index in [0.717, 1.165) is 30.8 Å². The Balaban J connectivity index is 2.02. The van der Waals surface area contributed by atoms with E-state index >= 15 is 0 Å². The number of hydrogen-bond donors (Lipinski definition) is 1. The summed E-state index contributed by atoms with van der Waals surface area (Å²) >= 11 is 0. The van der Waals surface area contributed by atoms with Crippen molar-refractivity contribution in [3.05, 3.63) is 77.9 Å². The SMILES string of the molecule is C=CCN1C[C@@H](C)N([C@@H](c2cccc(O)c2)c2cccc(C#N)c2)C[C@H]1C. The van der Waals surface area contributed by atoms with Crippen LogP contribution in [0.25, 0.3) is 0 Å². The lowest BCUT2D eigenvalue weighted by Gasteiger charge is -2.47. The minimum absolute atomic E-state index is 0.00580. The van der Waals surface area contributed by atoms with Crippen molar-refractivity contribution in [2.45, 2.75) is 32.0 Å². The largest absolute Gasteiger partial charge is 0.508 e. The molecule has 1 fully saturated rings. The lowest BCUT2D eigenvalue weighted by Crippen LogP contribution is -2.57. The minimum atomic E-state index is -0.00580. The van der Waals surface area contributed by atoms with Gasteiger partial charge in [-0.2, -0.15) is 5.26 Å². The third-order valence-electron chi connectivity index (χ3n) is 5.38. The fraction of sp³-hybridized carbons (Fsp3) is 0.348. The molecule has 1 aliphatic rings. The highest BCUT2D eigenvalue weighted by molar-refractivity contribution is 5.40. The van der Waals surface area contributed by atoms with Crippen molar-refractivity contribution in [3.8, 4) is 11.8 Å². The summed E-state index contributed by atoms with van der Waals surface area (Å²) in [6.45, 7) is 11.1. The van der Waals surface area contributed by atoms with Crippen molar-refractivity contribution in [2.24, 2.45) is 0 Å². The first kappa shape index (κ1) is 19.2. The van der Waals surface area contributed by atoms with Gasteiger partial charge in [-0.25, -0.2) is 0 Å². The molecule has 27 heavy (non-hydrogen) atoms. The van der Waals surface area contributed by atoms with Crippen LogP contribution in [0.5, 0.6) is 5.75 Å². The Labute approximate surface area is 162 Å². The zero-order valence-corrected chi connectivity index (χ0v) is 16.0.